The third-order valence-electron chi connectivity index (χ3n) is 3.70. The molecule has 1 nitrogen and oxygen atoms in total. The van der Waals surface area contributed by atoms with E-state index in [9.17, 15) is 4.39 Å². The van der Waals surface area contributed by atoms with Crippen molar-refractivity contribution in [3.8, 4) is 0 Å². The first-order chi connectivity index (χ1) is 8.11. The Kier molecular flexibility index (Phi) is 4.05. The molecule has 1 aromatic carbocycles. The summed E-state index contributed by atoms with van der Waals surface area (Å²) in [5, 5.41) is 0.276. The van der Waals surface area contributed by atoms with Crippen LogP contribution < -0.4 is 0 Å². The van der Waals surface area contributed by atoms with Crippen LogP contribution in [0.4, 0.5) is 4.39 Å². The van der Waals surface area contributed by atoms with Crippen LogP contribution in [-0.4, -0.2) is 25.0 Å². The highest BCUT2D eigenvalue weighted by Gasteiger charge is 2.20. The molecule has 2 rings (SSSR count). The summed E-state index contributed by atoms with van der Waals surface area (Å²) in [6, 6.07) is 3.81. The number of piperidine rings is 1. The highest BCUT2D eigenvalue weighted by Crippen LogP contribution is 2.31. The zero-order valence-corrected chi connectivity index (χ0v) is 11.2. The normalized spacial score (nSPS) is 18.6. The fourth-order valence-corrected chi connectivity index (χ4v) is 2.75. The van der Waals surface area contributed by atoms with Crippen LogP contribution in [0.1, 0.15) is 36.8 Å². The van der Waals surface area contributed by atoms with Crippen LogP contribution >= 0.6 is 11.6 Å². The number of hydrogen-bond donors (Lipinski definition) is 0. The average molecular weight is 256 g/mol. The maximum atomic E-state index is 13.7. The van der Waals surface area contributed by atoms with Crippen molar-refractivity contribution < 1.29 is 4.39 Å². The van der Waals surface area contributed by atoms with Gasteiger partial charge in [0.05, 0.1) is 5.02 Å². The van der Waals surface area contributed by atoms with Crippen LogP contribution in [0, 0.1) is 5.82 Å². The second kappa shape index (κ2) is 5.36. The average Bonchev–Trinajstić information content (AvgIpc) is 2.33. The lowest BCUT2D eigenvalue weighted by molar-refractivity contribution is 0.255. The molecule has 1 heterocycles. The third kappa shape index (κ3) is 2.80. The van der Waals surface area contributed by atoms with Crippen molar-refractivity contribution >= 4 is 11.6 Å². The Morgan fingerprint density at radius 3 is 2.59 bits per heavy atom. The summed E-state index contributed by atoms with van der Waals surface area (Å²) in [5.41, 5.74) is 1.95. The van der Waals surface area contributed by atoms with Crippen LogP contribution in [0.5, 0.6) is 0 Å². The first-order valence-corrected chi connectivity index (χ1v) is 6.66. The molecule has 0 bridgehead atoms. The minimum absolute atomic E-state index is 0.245. The molecule has 0 unspecified atom stereocenters. The zero-order chi connectivity index (χ0) is 12.4. The fraction of sp³-hybridized carbons (Fsp3) is 0.571. The van der Waals surface area contributed by atoms with Crippen LogP contribution in [0.25, 0.3) is 0 Å². The standard InChI is InChI=1S/C14H19ClFN/c1-3-10-8-12(9-13(15)14(10)16)11-4-6-17(2)7-5-11/h8-9,11H,3-7H2,1-2H3. The predicted octanol–water partition coefficient (Wildman–Crippen LogP) is 3.85. The van der Waals surface area contributed by atoms with E-state index in [0.29, 0.717) is 12.3 Å². The van der Waals surface area contributed by atoms with Gasteiger partial charge in [0.25, 0.3) is 0 Å². The van der Waals surface area contributed by atoms with Crippen molar-refractivity contribution in [2.45, 2.75) is 32.1 Å². The molecule has 0 spiro atoms. The van der Waals surface area contributed by atoms with Crippen molar-refractivity contribution in [1.82, 2.24) is 4.90 Å². The lowest BCUT2D eigenvalue weighted by atomic mass is 9.88. The van der Waals surface area contributed by atoms with E-state index in [0.717, 1.165) is 31.5 Å². The molecule has 1 fully saturated rings. The molecule has 1 aromatic rings. The van der Waals surface area contributed by atoms with Gasteiger partial charge in [-0.15, -0.1) is 0 Å². The Morgan fingerprint density at radius 1 is 1.35 bits per heavy atom. The monoisotopic (exact) mass is 255 g/mol. The Hall–Kier alpha value is -0.600. The minimum atomic E-state index is -0.245. The number of halogens is 2. The Balaban J connectivity index is 2.24. The molecule has 17 heavy (non-hydrogen) atoms. The van der Waals surface area contributed by atoms with Crippen LogP contribution in [-0.2, 0) is 6.42 Å². The van der Waals surface area contributed by atoms with Crippen LogP contribution in [0.2, 0.25) is 5.02 Å². The molecule has 0 N–H and O–H groups in total. The number of aryl methyl sites for hydroxylation is 1. The summed E-state index contributed by atoms with van der Waals surface area (Å²) in [6.07, 6.45) is 2.98. The smallest absolute Gasteiger partial charge is 0.144 e. The second-order valence-electron chi connectivity index (χ2n) is 4.91. The number of rotatable bonds is 2. The zero-order valence-electron chi connectivity index (χ0n) is 10.5. The Labute approximate surface area is 108 Å². The highest BCUT2D eigenvalue weighted by atomic mass is 35.5. The van der Waals surface area contributed by atoms with Gasteiger partial charge < -0.3 is 4.90 Å². The SMILES string of the molecule is CCc1cc(C2CCN(C)CC2)cc(Cl)c1F. The van der Waals surface area contributed by atoms with Gasteiger partial charge in [0.15, 0.2) is 0 Å². The van der Waals surface area contributed by atoms with E-state index >= 15 is 0 Å². The van der Waals surface area contributed by atoms with Gasteiger partial charge in [-0.05, 0) is 62.5 Å². The topological polar surface area (TPSA) is 3.24 Å². The van der Waals surface area contributed by atoms with Gasteiger partial charge in [-0.2, -0.15) is 0 Å². The predicted molar refractivity (Wildman–Crippen MR) is 70.3 cm³/mol. The molecule has 0 aromatic heterocycles. The quantitative estimate of drug-likeness (QED) is 0.776. The van der Waals surface area contributed by atoms with Crippen molar-refractivity contribution in [3.63, 3.8) is 0 Å². The minimum Gasteiger partial charge on any atom is -0.306 e. The van der Waals surface area contributed by atoms with Gasteiger partial charge in [0.2, 0.25) is 0 Å². The summed E-state index contributed by atoms with van der Waals surface area (Å²) in [7, 11) is 2.14. The van der Waals surface area contributed by atoms with Crippen LogP contribution in [0.15, 0.2) is 12.1 Å². The van der Waals surface area contributed by atoms with E-state index < -0.39 is 0 Å². The molecular formula is C14H19ClFN. The van der Waals surface area contributed by atoms with Gasteiger partial charge in [-0.25, -0.2) is 4.39 Å². The summed E-state index contributed by atoms with van der Waals surface area (Å²) in [5.74, 6) is 0.292. The van der Waals surface area contributed by atoms with Gasteiger partial charge in [0.1, 0.15) is 5.82 Å². The molecule has 1 aliphatic heterocycles. The summed E-state index contributed by atoms with van der Waals surface area (Å²) in [4.78, 5) is 2.34. The molecular weight excluding hydrogens is 237 g/mol. The van der Waals surface area contributed by atoms with Gasteiger partial charge >= 0.3 is 0 Å². The third-order valence-corrected chi connectivity index (χ3v) is 3.97. The van der Waals surface area contributed by atoms with Gasteiger partial charge in [-0.3, -0.25) is 0 Å². The maximum Gasteiger partial charge on any atom is 0.144 e. The molecule has 1 saturated heterocycles. The first-order valence-electron chi connectivity index (χ1n) is 6.28. The van der Waals surface area contributed by atoms with Gasteiger partial charge in [-0.1, -0.05) is 24.6 Å². The van der Waals surface area contributed by atoms with Crippen LogP contribution in [0.3, 0.4) is 0 Å². The molecule has 1 aliphatic rings. The number of likely N-dealkylation sites (tertiary alicyclic amines) is 1. The number of nitrogens with zero attached hydrogens (tertiary/aromatic N) is 1. The largest absolute Gasteiger partial charge is 0.306 e. The number of hydrogen-bond acceptors (Lipinski definition) is 1. The molecule has 94 valence electrons. The molecule has 3 heteroatoms. The fourth-order valence-electron chi connectivity index (χ4n) is 2.50. The lowest BCUT2D eigenvalue weighted by Crippen LogP contribution is -2.29. The highest BCUT2D eigenvalue weighted by molar-refractivity contribution is 6.30. The van der Waals surface area contributed by atoms with E-state index in [-0.39, 0.29) is 10.8 Å². The maximum absolute atomic E-state index is 13.7. The van der Waals surface area contributed by atoms with Crippen molar-refractivity contribution in [1.29, 1.82) is 0 Å². The summed E-state index contributed by atoms with van der Waals surface area (Å²) in [6.45, 7) is 4.19. The van der Waals surface area contributed by atoms with Gasteiger partial charge in [0, 0.05) is 0 Å². The first kappa shape index (κ1) is 12.8. The molecule has 0 atom stereocenters. The van der Waals surface area contributed by atoms with Crippen molar-refractivity contribution in [2.75, 3.05) is 20.1 Å². The van der Waals surface area contributed by atoms with E-state index in [1.54, 1.807) is 0 Å². The summed E-state index contributed by atoms with van der Waals surface area (Å²) >= 11 is 5.96. The lowest BCUT2D eigenvalue weighted by Gasteiger charge is -2.29. The van der Waals surface area contributed by atoms with Crippen molar-refractivity contribution in [2.24, 2.45) is 0 Å². The molecule has 0 amide bonds. The Bertz CT molecular complexity index is 397. The van der Waals surface area contributed by atoms with E-state index in [4.69, 9.17) is 11.6 Å². The number of benzene rings is 1. The summed E-state index contributed by atoms with van der Waals surface area (Å²) < 4.78 is 13.7. The Morgan fingerprint density at radius 2 is 2.00 bits per heavy atom. The van der Waals surface area contributed by atoms with E-state index in [1.807, 2.05) is 19.1 Å². The van der Waals surface area contributed by atoms with Crippen molar-refractivity contribution in [3.05, 3.63) is 34.1 Å². The van der Waals surface area contributed by atoms with E-state index in [1.165, 1.54) is 5.56 Å². The molecule has 0 saturated carbocycles. The molecule has 0 aliphatic carbocycles. The second-order valence-corrected chi connectivity index (χ2v) is 5.31. The molecule has 0 radical (unpaired) electrons. The van der Waals surface area contributed by atoms with E-state index in [2.05, 4.69) is 11.9 Å².